The second-order valence-corrected chi connectivity index (χ2v) is 8.41. The number of allylic oxidation sites excluding steroid dienone is 1. The molecule has 4 nitrogen and oxygen atoms in total. The number of benzene rings is 3. The zero-order valence-corrected chi connectivity index (χ0v) is 19.3. The van der Waals surface area contributed by atoms with E-state index >= 15 is 0 Å². The minimum absolute atomic E-state index is 0.297. The molecule has 0 fully saturated rings. The Morgan fingerprint density at radius 2 is 1.72 bits per heavy atom. The molecule has 3 aromatic carbocycles. The average molecular weight is 466 g/mol. The fourth-order valence-corrected chi connectivity index (χ4v) is 4.09. The molecule has 0 radical (unpaired) electrons. The predicted octanol–water partition coefficient (Wildman–Crippen LogP) is 7.77. The third-order valence-corrected chi connectivity index (χ3v) is 5.60. The molecular weight excluding hydrogens is 445 g/mol. The van der Waals surface area contributed by atoms with Gasteiger partial charge in [-0.15, -0.1) is 0 Å². The van der Waals surface area contributed by atoms with Gasteiger partial charge in [-0.05, 0) is 49.2 Å². The van der Waals surface area contributed by atoms with Crippen LogP contribution in [-0.4, -0.2) is 13.0 Å². The number of fused-ring (bicyclic) bond motifs is 1. The highest BCUT2D eigenvalue weighted by Crippen LogP contribution is 2.37. The van der Waals surface area contributed by atoms with Crippen molar-refractivity contribution in [3.05, 3.63) is 88.1 Å². The van der Waals surface area contributed by atoms with Crippen LogP contribution >= 0.6 is 23.2 Å². The molecule has 32 heavy (non-hydrogen) atoms. The summed E-state index contributed by atoms with van der Waals surface area (Å²) in [4.78, 5) is 12.6. The van der Waals surface area contributed by atoms with E-state index in [2.05, 4.69) is 36.5 Å². The van der Waals surface area contributed by atoms with Gasteiger partial charge in [-0.1, -0.05) is 53.0 Å². The fraction of sp³-hybridized carbons (Fsp3) is 0.115. The van der Waals surface area contributed by atoms with Gasteiger partial charge in [0.25, 0.3) is 0 Å². The van der Waals surface area contributed by atoms with E-state index in [1.807, 2.05) is 19.1 Å². The third-order valence-electron chi connectivity index (χ3n) is 5.16. The van der Waals surface area contributed by atoms with Crippen LogP contribution in [0.2, 0.25) is 10.0 Å². The first kappa shape index (κ1) is 22.0. The van der Waals surface area contributed by atoms with Crippen LogP contribution in [0.5, 0.6) is 5.75 Å². The second-order valence-electron chi connectivity index (χ2n) is 7.54. The van der Waals surface area contributed by atoms with Crippen LogP contribution in [0.25, 0.3) is 27.7 Å². The van der Waals surface area contributed by atoms with Crippen LogP contribution in [0.3, 0.4) is 0 Å². The highest BCUT2D eigenvalue weighted by Gasteiger charge is 2.15. The number of carbonyl (C=O) groups is 1. The monoisotopic (exact) mass is 465 g/mol. The number of amides is 1. The topological polar surface area (TPSA) is 51.5 Å². The summed E-state index contributed by atoms with van der Waals surface area (Å²) in [6.07, 6.45) is 3.26. The lowest BCUT2D eigenvalue weighted by molar-refractivity contribution is -0.111. The van der Waals surface area contributed by atoms with E-state index in [9.17, 15) is 4.79 Å². The largest absolute Gasteiger partial charge is 0.496 e. The van der Waals surface area contributed by atoms with E-state index in [0.29, 0.717) is 27.1 Å². The SMILES string of the molecule is COc1cc2occ(-c3ccc(C)cc3)c2cc1/C(C)=C/C(=O)Nc1cc(Cl)cc(Cl)c1. The minimum atomic E-state index is -0.297. The maximum Gasteiger partial charge on any atom is 0.248 e. The van der Waals surface area contributed by atoms with Crippen molar-refractivity contribution in [2.45, 2.75) is 13.8 Å². The lowest BCUT2D eigenvalue weighted by Gasteiger charge is -2.10. The van der Waals surface area contributed by atoms with Crippen LogP contribution in [0.15, 0.2) is 71.4 Å². The van der Waals surface area contributed by atoms with E-state index in [1.165, 1.54) is 11.6 Å². The Morgan fingerprint density at radius 3 is 2.38 bits per heavy atom. The van der Waals surface area contributed by atoms with E-state index in [4.69, 9.17) is 32.4 Å². The third kappa shape index (κ3) is 4.67. The van der Waals surface area contributed by atoms with Gasteiger partial charge in [-0.3, -0.25) is 4.79 Å². The van der Waals surface area contributed by atoms with Crippen molar-refractivity contribution in [1.82, 2.24) is 0 Å². The van der Waals surface area contributed by atoms with Crippen LogP contribution < -0.4 is 10.1 Å². The Labute approximate surface area is 196 Å². The average Bonchev–Trinajstić information content (AvgIpc) is 3.15. The van der Waals surface area contributed by atoms with Crippen LogP contribution in [0.1, 0.15) is 18.1 Å². The summed E-state index contributed by atoms with van der Waals surface area (Å²) >= 11 is 12.0. The zero-order valence-electron chi connectivity index (χ0n) is 17.8. The van der Waals surface area contributed by atoms with Gasteiger partial charge in [0.1, 0.15) is 11.3 Å². The molecule has 0 aliphatic carbocycles. The Balaban J connectivity index is 1.70. The second kappa shape index (κ2) is 9.11. The highest BCUT2D eigenvalue weighted by molar-refractivity contribution is 6.35. The Hall–Kier alpha value is -3.21. The molecule has 0 bridgehead atoms. The first-order valence-electron chi connectivity index (χ1n) is 9.96. The summed E-state index contributed by atoms with van der Waals surface area (Å²) in [7, 11) is 1.59. The van der Waals surface area contributed by atoms with Gasteiger partial charge in [0, 0.05) is 44.4 Å². The van der Waals surface area contributed by atoms with E-state index in [-0.39, 0.29) is 5.91 Å². The van der Waals surface area contributed by atoms with Crippen LogP contribution in [0, 0.1) is 6.92 Å². The molecular formula is C26H21Cl2NO3. The van der Waals surface area contributed by atoms with Gasteiger partial charge in [-0.25, -0.2) is 0 Å². The van der Waals surface area contributed by atoms with Gasteiger partial charge < -0.3 is 14.5 Å². The molecule has 1 heterocycles. The van der Waals surface area contributed by atoms with Crippen molar-refractivity contribution < 1.29 is 13.9 Å². The molecule has 1 amide bonds. The van der Waals surface area contributed by atoms with Crippen LogP contribution in [0.4, 0.5) is 5.69 Å². The van der Waals surface area contributed by atoms with Gasteiger partial charge in [0.15, 0.2) is 0 Å². The fourth-order valence-electron chi connectivity index (χ4n) is 3.57. The first-order valence-corrected chi connectivity index (χ1v) is 10.7. The van der Waals surface area contributed by atoms with Gasteiger partial charge in [0.2, 0.25) is 5.91 Å². The lowest BCUT2D eigenvalue weighted by Crippen LogP contribution is -2.08. The summed E-state index contributed by atoms with van der Waals surface area (Å²) < 4.78 is 11.4. The molecule has 6 heteroatoms. The number of aryl methyl sites for hydroxylation is 1. The van der Waals surface area contributed by atoms with Crippen LogP contribution in [-0.2, 0) is 4.79 Å². The van der Waals surface area contributed by atoms with E-state index in [0.717, 1.165) is 27.6 Å². The summed E-state index contributed by atoms with van der Waals surface area (Å²) in [6.45, 7) is 3.91. The molecule has 4 rings (SSSR count). The minimum Gasteiger partial charge on any atom is -0.496 e. The molecule has 0 aliphatic rings. The predicted molar refractivity (Wildman–Crippen MR) is 132 cm³/mol. The van der Waals surface area contributed by atoms with Gasteiger partial charge in [-0.2, -0.15) is 0 Å². The number of carbonyl (C=O) groups excluding carboxylic acids is 1. The van der Waals surface area contributed by atoms with Gasteiger partial charge in [0.05, 0.1) is 13.4 Å². The van der Waals surface area contributed by atoms with Crippen molar-refractivity contribution >= 4 is 51.3 Å². The smallest absolute Gasteiger partial charge is 0.248 e. The number of nitrogens with one attached hydrogen (secondary N) is 1. The number of furan rings is 1. The van der Waals surface area contributed by atoms with Crippen molar-refractivity contribution in [2.75, 3.05) is 12.4 Å². The Kier molecular flexibility index (Phi) is 6.26. The number of anilines is 1. The lowest BCUT2D eigenvalue weighted by atomic mass is 9.99. The van der Waals surface area contributed by atoms with Gasteiger partial charge >= 0.3 is 0 Å². The Morgan fingerprint density at radius 1 is 1.03 bits per heavy atom. The molecule has 0 saturated carbocycles. The summed E-state index contributed by atoms with van der Waals surface area (Å²) in [5, 5.41) is 4.63. The number of hydrogen-bond acceptors (Lipinski definition) is 3. The molecule has 162 valence electrons. The summed E-state index contributed by atoms with van der Waals surface area (Å²) in [5.74, 6) is 0.323. The van der Waals surface area contributed by atoms with E-state index in [1.54, 1.807) is 31.6 Å². The molecule has 0 saturated heterocycles. The summed E-state index contributed by atoms with van der Waals surface area (Å²) in [6, 6.07) is 17.0. The number of ether oxygens (including phenoxy) is 1. The van der Waals surface area contributed by atoms with Crippen molar-refractivity contribution in [3.8, 4) is 16.9 Å². The zero-order chi connectivity index (χ0) is 22.8. The molecule has 0 aliphatic heterocycles. The summed E-state index contributed by atoms with van der Waals surface area (Å²) in [5.41, 5.74) is 6.01. The maximum absolute atomic E-state index is 12.6. The molecule has 0 spiro atoms. The standard InChI is InChI=1S/C26H21Cl2NO3/c1-15-4-6-17(7-5-15)23-14-32-25-13-24(31-3)21(12-22(23)25)16(2)8-26(30)29-20-10-18(27)9-19(28)11-20/h4-14H,1-3H3,(H,29,30)/b16-8+. The highest BCUT2D eigenvalue weighted by atomic mass is 35.5. The number of rotatable bonds is 5. The number of hydrogen-bond donors (Lipinski definition) is 1. The van der Waals surface area contributed by atoms with Crippen molar-refractivity contribution in [3.63, 3.8) is 0 Å². The maximum atomic E-state index is 12.6. The normalized spacial score (nSPS) is 11.6. The molecule has 1 N–H and O–H groups in total. The number of halogens is 2. The molecule has 4 aromatic rings. The number of methoxy groups -OCH3 is 1. The van der Waals surface area contributed by atoms with E-state index < -0.39 is 0 Å². The van der Waals surface area contributed by atoms with Crippen molar-refractivity contribution in [1.29, 1.82) is 0 Å². The van der Waals surface area contributed by atoms with Crippen molar-refractivity contribution in [2.24, 2.45) is 0 Å². The quantitative estimate of drug-likeness (QED) is 0.306. The first-order chi connectivity index (χ1) is 15.3. The molecule has 0 atom stereocenters. The molecule has 1 aromatic heterocycles. The molecule has 0 unspecified atom stereocenters. The Bertz CT molecular complexity index is 1320.